The van der Waals surface area contributed by atoms with Crippen LogP contribution in [0.15, 0.2) is 48.6 Å². The van der Waals surface area contributed by atoms with E-state index in [1.165, 1.54) is 36.9 Å². The van der Waals surface area contributed by atoms with E-state index in [0.29, 0.717) is 43.6 Å². The van der Waals surface area contributed by atoms with Crippen LogP contribution in [0.1, 0.15) is 86.2 Å². The van der Waals surface area contributed by atoms with Crippen LogP contribution < -0.4 is 14.4 Å². The minimum absolute atomic E-state index is 0.204. The van der Waals surface area contributed by atoms with Gasteiger partial charge in [0.1, 0.15) is 17.6 Å². The van der Waals surface area contributed by atoms with Gasteiger partial charge in [0, 0.05) is 74.8 Å². The minimum Gasteiger partial charge on any atom is -0.490 e. The maximum atomic E-state index is 13.9. The zero-order valence-corrected chi connectivity index (χ0v) is 34.0. The van der Waals surface area contributed by atoms with Gasteiger partial charge >= 0.3 is 0 Å². The summed E-state index contributed by atoms with van der Waals surface area (Å²) in [6, 6.07) is 12.1. The molecule has 2 aliphatic carbocycles. The van der Waals surface area contributed by atoms with Crippen molar-refractivity contribution in [2.24, 2.45) is 17.8 Å². The van der Waals surface area contributed by atoms with Gasteiger partial charge in [-0.1, -0.05) is 43.2 Å². The number of nitrogens with zero attached hydrogens (tertiary/aromatic N) is 3. The van der Waals surface area contributed by atoms with Crippen molar-refractivity contribution in [3.63, 3.8) is 0 Å². The monoisotopic (exact) mass is 792 g/mol. The van der Waals surface area contributed by atoms with Crippen LogP contribution in [0.3, 0.4) is 0 Å². The number of ether oxygens (including phenoxy) is 2. The summed E-state index contributed by atoms with van der Waals surface area (Å²) < 4.78 is 43.5. The molecule has 1 amide bonds. The lowest BCUT2D eigenvalue weighted by Gasteiger charge is -2.53. The third-order valence-electron chi connectivity index (χ3n) is 14.1. The molecular weight excluding hydrogens is 736 g/mol. The number of piperidine rings is 1. The number of aldehydes is 1. The predicted octanol–water partition coefficient (Wildman–Crippen LogP) is 6.01. The summed E-state index contributed by atoms with van der Waals surface area (Å²) >= 11 is 6.51. The summed E-state index contributed by atoms with van der Waals surface area (Å²) in [5.41, 5.74) is 2.69. The molecular formula is C43H57ClN4O6S. The summed E-state index contributed by atoms with van der Waals surface area (Å²) in [7, 11) is -2.36. The molecule has 6 aliphatic rings. The number of amides is 1. The summed E-state index contributed by atoms with van der Waals surface area (Å²) in [5, 5.41) is -0.333. The maximum absolute atomic E-state index is 13.9. The van der Waals surface area contributed by atoms with E-state index >= 15 is 0 Å². The molecule has 4 aliphatic heterocycles. The van der Waals surface area contributed by atoms with Crippen LogP contribution >= 0.6 is 11.6 Å². The summed E-state index contributed by atoms with van der Waals surface area (Å²) in [6.45, 7) is 8.82. The largest absolute Gasteiger partial charge is 0.490 e. The van der Waals surface area contributed by atoms with Crippen molar-refractivity contribution >= 4 is 39.5 Å². The third kappa shape index (κ3) is 7.61. The molecule has 1 N–H and O–H groups in total. The molecule has 0 unspecified atom stereocenters. The Kier molecular flexibility index (Phi) is 11.1. The molecule has 12 heteroatoms. The highest BCUT2D eigenvalue weighted by Gasteiger charge is 2.50. The van der Waals surface area contributed by atoms with Crippen molar-refractivity contribution < 1.29 is 27.5 Å². The molecule has 0 radical (unpaired) electrons. The number of hydrogen-bond donors (Lipinski definition) is 1. The smallest absolute Gasteiger partial charge is 0.264 e. The number of nitrogens with one attached hydrogen (secondary N) is 1. The standard InChI is InChI=1S/C43H57ClN4O6S/c1-30-7-5-18-43(53-2,28-46-20-21-47-19-4-3-9-35(47)26-46)37-13-10-33(37)25-48-27-42(17-6-8-31-23-34(44)12-14-36(31)42)29-54-39-15-11-32(24-38(39)48)41(50)45-55(51,52)40(30)16-22-49/h5,11-12,14-15,18,22-24,30,33,35,37,40H,3-4,6-10,13,16-17,19-21,25-29H2,1-2H3,(H,45,50)/b18-5-/t30-,33-,35+,37+,40+,42-,43-/m0/s1. The number of benzene rings is 2. The third-order valence-corrected chi connectivity index (χ3v) is 16.2. The minimum atomic E-state index is -4.20. The first kappa shape index (κ1) is 38.9. The van der Waals surface area contributed by atoms with E-state index in [1.54, 1.807) is 12.1 Å². The van der Waals surface area contributed by atoms with Gasteiger partial charge in [-0.15, -0.1) is 0 Å². The number of piperazine rings is 1. The Morgan fingerprint density at radius 1 is 1.05 bits per heavy atom. The predicted molar refractivity (Wildman–Crippen MR) is 216 cm³/mol. The molecule has 1 spiro atoms. The van der Waals surface area contributed by atoms with Gasteiger partial charge in [-0.2, -0.15) is 0 Å². The van der Waals surface area contributed by atoms with E-state index in [9.17, 15) is 18.0 Å². The number of carbonyl (C=O) groups excluding carboxylic acids is 2. The molecule has 3 fully saturated rings. The quantitative estimate of drug-likeness (QED) is 0.288. The van der Waals surface area contributed by atoms with Crippen molar-refractivity contribution in [1.29, 1.82) is 0 Å². The Labute approximate surface area is 332 Å². The van der Waals surface area contributed by atoms with E-state index in [0.717, 1.165) is 75.5 Å². The Morgan fingerprint density at radius 3 is 2.73 bits per heavy atom. The average Bonchev–Trinajstić information content (AvgIpc) is 3.31. The molecule has 1 saturated carbocycles. The number of rotatable bonds is 5. The van der Waals surface area contributed by atoms with Crippen molar-refractivity contribution in [3.8, 4) is 5.75 Å². The number of carbonyl (C=O) groups is 2. The lowest BCUT2D eigenvalue weighted by Crippen LogP contribution is -2.61. The highest BCUT2D eigenvalue weighted by atomic mass is 35.5. The Hall–Kier alpha value is -2.96. The number of hydrogen-bond acceptors (Lipinski definition) is 9. The zero-order chi connectivity index (χ0) is 38.4. The molecule has 2 aromatic carbocycles. The fourth-order valence-electron chi connectivity index (χ4n) is 10.9. The summed E-state index contributed by atoms with van der Waals surface area (Å²) in [6.07, 6.45) is 14.0. The number of aryl methyl sites for hydroxylation is 1. The van der Waals surface area contributed by atoms with Crippen LogP contribution in [0.2, 0.25) is 5.02 Å². The maximum Gasteiger partial charge on any atom is 0.264 e. The Morgan fingerprint density at radius 2 is 1.93 bits per heavy atom. The van der Waals surface area contributed by atoms with Gasteiger partial charge in [-0.3, -0.25) is 14.6 Å². The van der Waals surface area contributed by atoms with Crippen LogP contribution in [0.5, 0.6) is 5.75 Å². The van der Waals surface area contributed by atoms with Gasteiger partial charge in [0.25, 0.3) is 5.91 Å². The summed E-state index contributed by atoms with van der Waals surface area (Å²) in [4.78, 5) is 33.3. The SMILES string of the molecule is CO[C@]1(CN2CCN3CCCC[C@@H]3C2)/C=C\C[C@H](C)[C@@H](CC=O)S(=O)(=O)NC(=O)c2ccc3c(c2)N(C[C@@H]2CC[C@H]21)C[C@@]1(CCCc2cc(Cl)ccc21)CO3. The molecule has 2 bridgehead atoms. The van der Waals surface area contributed by atoms with E-state index in [2.05, 4.69) is 43.7 Å². The normalized spacial score (nSPS) is 34.5. The van der Waals surface area contributed by atoms with Gasteiger partial charge in [-0.05, 0) is 117 Å². The number of allylic oxidation sites excluding steroid dienone is 1. The molecule has 2 aromatic rings. The van der Waals surface area contributed by atoms with Gasteiger partial charge in [0.05, 0.1) is 17.5 Å². The van der Waals surface area contributed by atoms with E-state index < -0.39 is 32.7 Å². The second-order valence-corrected chi connectivity index (χ2v) is 19.7. The van der Waals surface area contributed by atoms with Gasteiger partial charge in [0.15, 0.2) is 0 Å². The van der Waals surface area contributed by atoms with E-state index in [1.807, 2.05) is 26.2 Å². The molecule has 0 aromatic heterocycles. The topological polar surface area (TPSA) is 108 Å². The van der Waals surface area contributed by atoms with Crippen molar-refractivity contribution in [3.05, 3.63) is 70.3 Å². The Balaban J connectivity index is 1.20. The van der Waals surface area contributed by atoms with Crippen molar-refractivity contribution in [1.82, 2.24) is 14.5 Å². The van der Waals surface area contributed by atoms with Crippen LogP contribution in [0.25, 0.3) is 0 Å². The van der Waals surface area contributed by atoms with Crippen molar-refractivity contribution in [2.45, 2.75) is 93.4 Å². The average molecular weight is 793 g/mol. The first-order valence-electron chi connectivity index (χ1n) is 20.5. The van der Waals surface area contributed by atoms with Crippen LogP contribution in [0, 0.1) is 17.8 Å². The molecule has 10 nitrogen and oxygen atoms in total. The van der Waals surface area contributed by atoms with Gasteiger partial charge < -0.3 is 19.2 Å². The molecule has 2 saturated heterocycles. The van der Waals surface area contributed by atoms with Gasteiger partial charge in [-0.25, -0.2) is 13.1 Å². The first-order chi connectivity index (χ1) is 26.5. The van der Waals surface area contributed by atoms with Crippen LogP contribution in [0.4, 0.5) is 5.69 Å². The van der Waals surface area contributed by atoms with Crippen LogP contribution in [-0.4, -0.2) is 107 Å². The zero-order valence-electron chi connectivity index (χ0n) is 32.4. The summed E-state index contributed by atoms with van der Waals surface area (Å²) in [5.74, 6) is 0.0944. The fraction of sp³-hybridized carbons (Fsp3) is 0.628. The number of anilines is 1. The number of halogens is 1. The highest BCUT2D eigenvalue weighted by molar-refractivity contribution is 7.90. The number of fused-ring (bicyclic) bond motifs is 5. The Bertz CT molecular complexity index is 1910. The molecule has 55 heavy (non-hydrogen) atoms. The van der Waals surface area contributed by atoms with E-state index in [4.69, 9.17) is 21.1 Å². The molecule has 298 valence electrons. The second kappa shape index (κ2) is 15.8. The second-order valence-electron chi connectivity index (χ2n) is 17.3. The van der Waals surface area contributed by atoms with Crippen LogP contribution in [-0.2, 0) is 31.4 Å². The van der Waals surface area contributed by atoms with Gasteiger partial charge in [0.2, 0.25) is 10.0 Å². The molecule has 8 rings (SSSR count). The van der Waals surface area contributed by atoms with Crippen molar-refractivity contribution in [2.75, 3.05) is 64.4 Å². The molecule has 4 heterocycles. The lowest BCUT2D eigenvalue weighted by atomic mass is 9.63. The lowest BCUT2D eigenvalue weighted by molar-refractivity contribution is -0.108. The van der Waals surface area contributed by atoms with E-state index in [-0.39, 0.29) is 23.3 Å². The highest BCUT2D eigenvalue weighted by Crippen LogP contribution is 2.49. The fourth-order valence-corrected chi connectivity index (χ4v) is 12.7. The number of methoxy groups -OCH3 is 1. The number of sulfonamides is 1. The molecule has 7 atom stereocenters. The first-order valence-corrected chi connectivity index (χ1v) is 22.4.